The van der Waals surface area contributed by atoms with Crippen molar-refractivity contribution in [2.45, 2.75) is 19.4 Å². The van der Waals surface area contributed by atoms with E-state index < -0.39 is 12.0 Å². The summed E-state index contributed by atoms with van der Waals surface area (Å²) in [5.41, 5.74) is 7.56. The number of H-pyrrole nitrogens is 1. The quantitative estimate of drug-likeness (QED) is 0.746. The molecule has 2 aromatic rings. The normalized spacial score (nSPS) is 11.9. The largest absolute Gasteiger partial charge is 0.508 e. The van der Waals surface area contributed by atoms with Gasteiger partial charge in [0, 0.05) is 23.5 Å². The first-order valence-electron chi connectivity index (χ1n) is 5.83. The number of ether oxygens (including phenoxy) is 1. The van der Waals surface area contributed by atoms with E-state index in [0.717, 1.165) is 16.5 Å². The average molecular weight is 285 g/mol. The van der Waals surface area contributed by atoms with Gasteiger partial charge in [-0.2, -0.15) is 0 Å². The third kappa shape index (κ3) is 3.39. The summed E-state index contributed by atoms with van der Waals surface area (Å²) in [4.78, 5) is 14.5. The van der Waals surface area contributed by atoms with Crippen LogP contribution in [-0.4, -0.2) is 28.7 Å². The van der Waals surface area contributed by atoms with Crippen molar-refractivity contribution in [3.05, 3.63) is 30.0 Å². The lowest BCUT2D eigenvalue weighted by Crippen LogP contribution is -2.34. The molecule has 0 aliphatic carbocycles. The number of aromatic hydroxyl groups is 1. The molecule has 19 heavy (non-hydrogen) atoms. The molecule has 0 bridgehead atoms. The monoisotopic (exact) mass is 284 g/mol. The Balaban J connectivity index is 0.00000180. The standard InChI is InChI=1S/C13H16N2O3.ClH/c1-2-18-13(17)11(14)5-8-7-15-12-4-3-9(16)6-10(8)12;/h3-4,6-7,11,15-16H,2,5,14H2,1H3;1H. The number of nitrogens with one attached hydrogen (secondary N) is 1. The number of carbonyl (C=O) groups excluding carboxylic acids is 1. The third-order valence-electron chi connectivity index (χ3n) is 2.78. The molecule has 0 amide bonds. The van der Waals surface area contributed by atoms with Crippen molar-refractivity contribution in [3.63, 3.8) is 0 Å². The average Bonchev–Trinajstić information content (AvgIpc) is 2.72. The molecule has 1 heterocycles. The van der Waals surface area contributed by atoms with Gasteiger partial charge in [0.15, 0.2) is 0 Å². The number of halogens is 1. The second-order valence-corrected chi connectivity index (χ2v) is 4.11. The molecule has 2 rings (SSSR count). The number of benzene rings is 1. The van der Waals surface area contributed by atoms with Crippen LogP contribution in [0.2, 0.25) is 0 Å². The predicted molar refractivity (Wildman–Crippen MR) is 75.5 cm³/mol. The molecule has 1 aromatic heterocycles. The number of carbonyl (C=O) groups is 1. The Kier molecular flexibility index (Phi) is 5.20. The van der Waals surface area contributed by atoms with Crippen molar-refractivity contribution >= 4 is 29.3 Å². The summed E-state index contributed by atoms with van der Waals surface area (Å²) in [6.45, 7) is 2.07. The Morgan fingerprint density at radius 1 is 1.53 bits per heavy atom. The van der Waals surface area contributed by atoms with Crippen molar-refractivity contribution in [3.8, 4) is 5.75 Å². The van der Waals surface area contributed by atoms with Crippen LogP contribution in [0.4, 0.5) is 0 Å². The van der Waals surface area contributed by atoms with Gasteiger partial charge in [0.05, 0.1) is 6.61 Å². The fourth-order valence-electron chi connectivity index (χ4n) is 1.90. The Labute approximate surface area is 117 Å². The molecule has 1 aromatic carbocycles. The van der Waals surface area contributed by atoms with Gasteiger partial charge < -0.3 is 20.6 Å². The number of esters is 1. The Morgan fingerprint density at radius 3 is 2.95 bits per heavy atom. The van der Waals surface area contributed by atoms with Crippen molar-refractivity contribution in [2.24, 2.45) is 5.73 Å². The molecule has 1 unspecified atom stereocenters. The molecule has 6 heteroatoms. The smallest absolute Gasteiger partial charge is 0.323 e. The molecule has 5 nitrogen and oxygen atoms in total. The molecule has 0 radical (unpaired) electrons. The first kappa shape index (κ1) is 15.3. The lowest BCUT2D eigenvalue weighted by Gasteiger charge is -2.09. The van der Waals surface area contributed by atoms with Crippen LogP contribution in [-0.2, 0) is 16.0 Å². The number of hydrogen-bond donors (Lipinski definition) is 3. The van der Waals surface area contributed by atoms with E-state index in [2.05, 4.69) is 4.98 Å². The van der Waals surface area contributed by atoms with Gasteiger partial charge in [0.25, 0.3) is 0 Å². The summed E-state index contributed by atoms with van der Waals surface area (Å²) in [7, 11) is 0. The van der Waals surface area contributed by atoms with Crippen LogP contribution in [0.5, 0.6) is 5.75 Å². The zero-order valence-corrected chi connectivity index (χ0v) is 11.4. The molecule has 0 saturated heterocycles. The topological polar surface area (TPSA) is 88.3 Å². The van der Waals surface area contributed by atoms with Crippen LogP contribution in [0.15, 0.2) is 24.4 Å². The maximum atomic E-state index is 11.5. The molecule has 4 N–H and O–H groups in total. The first-order valence-corrected chi connectivity index (χ1v) is 5.83. The van der Waals surface area contributed by atoms with E-state index in [-0.39, 0.29) is 18.2 Å². The molecule has 0 fully saturated rings. The molecular formula is C13H17ClN2O3. The maximum Gasteiger partial charge on any atom is 0.323 e. The van der Waals surface area contributed by atoms with Gasteiger partial charge in [0.1, 0.15) is 11.8 Å². The van der Waals surface area contributed by atoms with E-state index in [1.807, 2.05) is 0 Å². The highest BCUT2D eigenvalue weighted by Crippen LogP contribution is 2.23. The van der Waals surface area contributed by atoms with Gasteiger partial charge in [-0.15, -0.1) is 12.4 Å². The lowest BCUT2D eigenvalue weighted by molar-refractivity contribution is -0.144. The van der Waals surface area contributed by atoms with E-state index in [1.54, 1.807) is 31.3 Å². The number of phenols is 1. The van der Waals surface area contributed by atoms with Crippen LogP contribution in [0, 0.1) is 0 Å². The fourth-order valence-corrected chi connectivity index (χ4v) is 1.90. The van der Waals surface area contributed by atoms with Gasteiger partial charge >= 0.3 is 5.97 Å². The van der Waals surface area contributed by atoms with Crippen LogP contribution in [0.25, 0.3) is 10.9 Å². The number of rotatable bonds is 4. The number of aromatic amines is 1. The van der Waals surface area contributed by atoms with Crippen molar-refractivity contribution < 1.29 is 14.6 Å². The van der Waals surface area contributed by atoms with Crippen LogP contribution >= 0.6 is 12.4 Å². The number of aromatic nitrogens is 1. The maximum absolute atomic E-state index is 11.5. The SMILES string of the molecule is CCOC(=O)C(N)Cc1c[nH]c2ccc(O)cc12.Cl. The minimum Gasteiger partial charge on any atom is -0.508 e. The molecule has 1 atom stereocenters. The summed E-state index contributed by atoms with van der Waals surface area (Å²) >= 11 is 0. The number of hydrogen-bond acceptors (Lipinski definition) is 4. The molecule has 104 valence electrons. The second-order valence-electron chi connectivity index (χ2n) is 4.11. The summed E-state index contributed by atoms with van der Waals surface area (Å²) in [5.74, 6) is -0.222. The minimum atomic E-state index is -0.689. The highest BCUT2D eigenvalue weighted by Gasteiger charge is 2.17. The Morgan fingerprint density at radius 2 is 2.26 bits per heavy atom. The van der Waals surface area contributed by atoms with Gasteiger partial charge in [-0.25, -0.2) is 0 Å². The summed E-state index contributed by atoms with van der Waals surface area (Å²) in [6, 6.07) is 4.35. The van der Waals surface area contributed by atoms with Crippen molar-refractivity contribution in [1.82, 2.24) is 4.98 Å². The van der Waals surface area contributed by atoms with E-state index in [4.69, 9.17) is 10.5 Å². The van der Waals surface area contributed by atoms with Gasteiger partial charge in [-0.3, -0.25) is 4.79 Å². The Bertz CT molecular complexity index is 568. The van der Waals surface area contributed by atoms with E-state index in [9.17, 15) is 9.90 Å². The van der Waals surface area contributed by atoms with Crippen molar-refractivity contribution in [2.75, 3.05) is 6.61 Å². The summed E-state index contributed by atoms with van der Waals surface area (Å²) < 4.78 is 4.86. The second kappa shape index (κ2) is 6.45. The highest BCUT2D eigenvalue weighted by molar-refractivity contribution is 5.86. The minimum absolute atomic E-state index is 0. The van der Waals surface area contributed by atoms with Crippen LogP contribution < -0.4 is 5.73 Å². The van der Waals surface area contributed by atoms with Crippen LogP contribution in [0.1, 0.15) is 12.5 Å². The van der Waals surface area contributed by atoms with E-state index >= 15 is 0 Å². The molecular weight excluding hydrogens is 268 g/mol. The fraction of sp³-hybridized carbons (Fsp3) is 0.308. The highest BCUT2D eigenvalue weighted by atomic mass is 35.5. The summed E-state index contributed by atoms with van der Waals surface area (Å²) in [6.07, 6.45) is 2.17. The molecule has 0 spiro atoms. The number of nitrogens with two attached hydrogens (primary N) is 1. The number of phenolic OH excluding ortho intramolecular Hbond substituents is 1. The van der Waals surface area contributed by atoms with E-state index in [1.165, 1.54) is 0 Å². The molecule has 0 saturated carbocycles. The molecule has 0 aliphatic heterocycles. The zero-order valence-electron chi connectivity index (χ0n) is 10.6. The first-order chi connectivity index (χ1) is 8.61. The summed E-state index contributed by atoms with van der Waals surface area (Å²) in [5, 5.41) is 10.3. The third-order valence-corrected chi connectivity index (χ3v) is 2.78. The molecule has 0 aliphatic rings. The predicted octanol–water partition coefficient (Wildman–Crippen LogP) is 1.73. The van der Waals surface area contributed by atoms with E-state index in [0.29, 0.717) is 13.0 Å². The van der Waals surface area contributed by atoms with Gasteiger partial charge in [0.2, 0.25) is 0 Å². The Hall–Kier alpha value is -1.72. The van der Waals surface area contributed by atoms with Crippen LogP contribution in [0.3, 0.4) is 0 Å². The lowest BCUT2D eigenvalue weighted by atomic mass is 10.1. The van der Waals surface area contributed by atoms with Crippen molar-refractivity contribution in [1.29, 1.82) is 0 Å². The van der Waals surface area contributed by atoms with Gasteiger partial charge in [-0.1, -0.05) is 0 Å². The zero-order chi connectivity index (χ0) is 13.1. The number of fused-ring (bicyclic) bond motifs is 1. The van der Waals surface area contributed by atoms with Gasteiger partial charge in [-0.05, 0) is 30.7 Å².